The number of carbonyl (C=O) groups excluding carboxylic acids is 1. The Morgan fingerprint density at radius 2 is 2.17 bits per heavy atom. The zero-order valence-corrected chi connectivity index (χ0v) is 22.1. The van der Waals surface area contributed by atoms with Gasteiger partial charge in [-0.1, -0.05) is 12.1 Å². The van der Waals surface area contributed by atoms with E-state index in [1.165, 1.54) is 31.5 Å². The molecule has 2 aromatic heterocycles. The first kappa shape index (κ1) is 26.3. The maximum absolute atomic E-state index is 14.7. The summed E-state index contributed by atoms with van der Waals surface area (Å²) in [7, 11) is 1.42. The lowest BCUT2D eigenvalue weighted by Crippen LogP contribution is -2.55. The molecule has 2 aromatic carbocycles. The SMILES string of the molecule is COc1cccc(F)c1-c1nccc(C(=O)Nc2ccc(-c3cnccc3C#N)cc2N2C[C@@H]3C[C@@]2(CO)CN3)n1. The topological polar surface area (TPSA) is 136 Å². The number of fused-ring (bicyclic) bond motifs is 2. The summed E-state index contributed by atoms with van der Waals surface area (Å²) < 4.78 is 20.0. The number of aliphatic hydroxyl groups is 1. The van der Waals surface area contributed by atoms with Crippen molar-refractivity contribution in [3.05, 3.63) is 84.2 Å². The van der Waals surface area contributed by atoms with Gasteiger partial charge in [0.05, 0.1) is 47.8 Å². The second-order valence-electron chi connectivity index (χ2n) is 10.1. The van der Waals surface area contributed by atoms with Gasteiger partial charge in [0.25, 0.3) is 5.91 Å². The molecule has 2 saturated heterocycles. The molecular formula is C30H26FN7O3. The number of hydrogen-bond donors (Lipinski definition) is 3. The van der Waals surface area contributed by atoms with Gasteiger partial charge >= 0.3 is 0 Å². The molecule has 3 N–H and O–H groups in total. The molecule has 10 nitrogen and oxygen atoms in total. The fourth-order valence-corrected chi connectivity index (χ4v) is 5.68. The van der Waals surface area contributed by atoms with E-state index in [4.69, 9.17) is 4.74 Å². The normalized spacial score (nSPS) is 19.2. The van der Waals surface area contributed by atoms with Crippen molar-refractivity contribution in [2.45, 2.75) is 18.0 Å². The molecule has 2 atom stereocenters. The molecular weight excluding hydrogens is 525 g/mol. The molecule has 6 rings (SSSR count). The standard InChI is InChI=1S/C30H26FN7O3/c1-41-26-4-2-3-22(31)27(26)28-34-10-8-24(36-28)29(40)37-23-6-5-18(21-14-33-9-7-19(21)13-32)11-25(23)38-15-20-12-30(38,17-39)16-35-20/h2-11,14,20,35,39H,12,15-17H2,1H3,(H,37,40)/t20-,30-/m0/s1. The molecule has 2 aliphatic rings. The van der Waals surface area contributed by atoms with Gasteiger partial charge in [-0.25, -0.2) is 14.4 Å². The number of benzene rings is 2. The number of hydrogen-bond acceptors (Lipinski definition) is 9. The van der Waals surface area contributed by atoms with E-state index < -0.39 is 17.3 Å². The van der Waals surface area contributed by atoms with Gasteiger partial charge in [-0.15, -0.1) is 0 Å². The molecule has 0 radical (unpaired) electrons. The molecule has 0 spiro atoms. The molecule has 206 valence electrons. The number of nitrogens with one attached hydrogen (secondary N) is 2. The highest BCUT2D eigenvalue weighted by atomic mass is 19.1. The minimum Gasteiger partial charge on any atom is -0.496 e. The van der Waals surface area contributed by atoms with Crippen LogP contribution < -0.4 is 20.3 Å². The van der Waals surface area contributed by atoms with Crippen LogP contribution in [0, 0.1) is 17.1 Å². The predicted octanol–water partition coefficient (Wildman–Crippen LogP) is 3.39. The Morgan fingerprint density at radius 1 is 1.29 bits per heavy atom. The lowest BCUT2D eigenvalue weighted by molar-refractivity contribution is 0.102. The van der Waals surface area contributed by atoms with Gasteiger partial charge in [0.2, 0.25) is 0 Å². The number of aliphatic hydroxyl groups excluding tert-OH is 1. The number of rotatable bonds is 7. The third kappa shape index (κ3) is 4.63. The van der Waals surface area contributed by atoms with Crippen LogP contribution in [-0.4, -0.2) is 64.4 Å². The minimum absolute atomic E-state index is 0.0194. The summed E-state index contributed by atoms with van der Waals surface area (Å²) in [5.41, 5.74) is 2.66. The highest BCUT2D eigenvalue weighted by Crippen LogP contribution is 2.43. The van der Waals surface area contributed by atoms with E-state index in [9.17, 15) is 19.6 Å². The van der Waals surface area contributed by atoms with Crippen LogP contribution in [0.15, 0.2) is 67.1 Å². The monoisotopic (exact) mass is 551 g/mol. The molecule has 0 unspecified atom stereocenters. The van der Waals surface area contributed by atoms with Gasteiger partial charge in [-0.2, -0.15) is 5.26 Å². The summed E-state index contributed by atoms with van der Waals surface area (Å²) in [4.78, 5) is 28.3. The maximum Gasteiger partial charge on any atom is 0.274 e. The van der Waals surface area contributed by atoms with Gasteiger partial charge in [-0.05, 0) is 48.4 Å². The van der Waals surface area contributed by atoms with E-state index in [2.05, 4.69) is 36.6 Å². The molecule has 2 aliphatic heterocycles. The van der Waals surface area contributed by atoms with Crippen LogP contribution in [0.3, 0.4) is 0 Å². The van der Waals surface area contributed by atoms with Crippen molar-refractivity contribution in [1.29, 1.82) is 5.26 Å². The van der Waals surface area contributed by atoms with Crippen molar-refractivity contribution in [2.75, 3.05) is 37.0 Å². The fourth-order valence-electron chi connectivity index (χ4n) is 5.68. The van der Waals surface area contributed by atoms with Crippen LogP contribution in [0.5, 0.6) is 5.75 Å². The number of nitrogens with zero attached hydrogens (tertiary/aromatic N) is 5. The molecule has 4 heterocycles. The Labute approximate surface area is 235 Å². The number of anilines is 2. The van der Waals surface area contributed by atoms with Gasteiger partial charge < -0.3 is 25.4 Å². The highest BCUT2D eigenvalue weighted by molar-refractivity contribution is 6.05. The van der Waals surface area contributed by atoms with Gasteiger partial charge in [0.1, 0.15) is 17.3 Å². The molecule has 2 bridgehead atoms. The Hall–Kier alpha value is -4.92. The van der Waals surface area contributed by atoms with E-state index in [0.29, 0.717) is 35.6 Å². The Bertz CT molecular complexity index is 1690. The van der Waals surface area contributed by atoms with Gasteiger partial charge in [0.15, 0.2) is 5.82 Å². The largest absolute Gasteiger partial charge is 0.496 e. The predicted molar refractivity (Wildman–Crippen MR) is 150 cm³/mol. The zero-order valence-electron chi connectivity index (χ0n) is 22.1. The zero-order chi connectivity index (χ0) is 28.6. The third-order valence-corrected chi connectivity index (χ3v) is 7.71. The molecule has 1 amide bonds. The second-order valence-corrected chi connectivity index (χ2v) is 10.1. The smallest absolute Gasteiger partial charge is 0.274 e. The first-order valence-corrected chi connectivity index (χ1v) is 13.0. The minimum atomic E-state index is -0.570. The number of ether oxygens (including phenoxy) is 1. The van der Waals surface area contributed by atoms with Crippen molar-refractivity contribution in [3.8, 4) is 34.3 Å². The molecule has 41 heavy (non-hydrogen) atoms. The number of halogens is 1. The van der Waals surface area contributed by atoms with Crippen molar-refractivity contribution in [2.24, 2.45) is 0 Å². The highest BCUT2D eigenvalue weighted by Gasteiger charge is 2.51. The van der Waals surface area contributed by atoms with Crippen molar-refractivity contribution in [3.63, 3.8) is 0 Å². The summed E-state index contributed by atoms with van der Waals surface area (Å²) in [5, 5.41) is 26.5. The summed E-state index contributed by atoms with van der Waals surface area (Å²) in [6.45, 7) is 1.17. The average Bonchev–Trinajstić information content (AvgIpc) is 3.60. The first-order valence-electron chi connectivity index (χ1n) is 13.0. The van der Waals surface area contributed by atoms with Gasteiger partial charge in [-0.3, -0.25) is 9.78 Å². The quantitative estimate of drug-likeness (QED) is 0.316. The molecule has 2 fully saturated rings. The molecule has 0 aliphatic carbocycles. The first-order chi connectivity index (χ1) is 20.0. The average molecular weight is 552 g/mol. The number of amides is 1. The van der Waals surface area contributed by atoms with E-state index in [1.54, 1.807) is 30.6 Å². The lowest BCUT2D eigenvalue weighted by Gasteiger charge is -2.40. The summed E-state index contributed by atoms with van der Waals surface area (Å²) in [5.74, 6) is -0.818. The van der Waals surface area contributed by atoms with E-state index in [-0.39, 0.29) is 35.5 Å². The van der Waals surface area contributed by atoms with E-state index in [1.807, 2.05) is 12.1 Å². The summed E-state index contributed by atoms with van der Waals surface area (Å²) >= 11 is 0. The van der Waals surface area contributed by atoms with Crippen LogP contribution in [0.4, 0.5) is 15.8 Å². The van der Waals surface area contributed by atoms with Crippen LogP contribution in [-0.2, 0) is 0 Å². The fraction of sp³-hybridized carbons (Fsp3) is 0.233. The maximum atomic E-state index is 14.7. The van der Waals surface area contributed by atoms with Crippen LogP contribution in [0.25, 0.3) is 22.5 Å². The molecule has 11 heteroatoms. The van der Waals surface area contributed by atoms with E-state index in [0.717, 1.165) is 12.0 Å². The summed E-state index contributed by atoms with van der Waals surface area (Å²) in [6, 6.07) is 15.4. The molecule has 0 saturated carbocycles. The third-order valence-electron chi connectivity index (χ3n) is 7.71. The number of piperazine rings is 1. The number of aromatic nitrogens is 3. The van der Waals surface area contributed by atoms with Gasteiger partial charge in [0, 0.05) is 43.3 Å². The number of pyridine rings is 1. The number of nitriles is 1. The van der Waals surface area contributed by atoms with Crippen molar-refractivity contribution in [1.82, 2.24) is 20.3 Å². The van der Waals surface area contributed by atoms with Crippen molar-refractivity contribution >= 4 is 17.3 Å². The number of methoxy groups -OCH3 is 1. The van der Waals surface area contributed by atoms with Crippen LogP contribution >= 0.6 is 0 Å². The van der Waals surface area contributed by atoms with Crippen LogP contribution in [0.2, 0.25) is 0 Å². The molecule has 4 aromatic rings. The lowest BCUT2D eigenvalue weighted by atomic mass is 9.97. The van der Waals surface area contributed by atoms with Crippen LogP contribution in [0.1, 0.15) is 22.5 Å². The Balaban J connectivity index is 1.39. The summed E-state index contributed by atoms with van der Waals surface area (Å²) in [6.07, 6.45) is 5.35. The second kappa shape index (κ2) is 10.6. The number of carbonyl (C=O) groups is 1. The van der Waals surface area contributed by atoms with Crippen molar-refractivity contribution < 1.29 is 19.0 Å². The Morgan fingerprint density at radius 3 is 2.95 bits per heavy atom. The van der Waals surface area contributed by atoms with E-state index >= 15 is 0 Å². The Kier molecular flexibility index (Phi) is 6.78.